The van der Waals surface area contributed by atoms with Gasteiger partial charge in [-0.15, -0.1) is 0 Å². The molecule has 3 aromatic rings. The van der Waals surface area contributed by atoms with Crippen LogP contribution < -0.4 is 4.74 Å². The van der Waals surface area contributed by atoms with E-state index >= 15 is 0 Å². The number of ether oxygens (including phenoxy) is 1. The second-order valence-electron chi connectivity index (χ2n) is 7.96. The Morgan fingerprint density at radius 2 is 1.58 bits per heavy atom. The van der Waals surface area contributed by atoms with Crippen LogP contribution in [0.4, 0.5) is 0 Å². The van der Waals surface area contributed by atoms with Crippen LogP contribution in [0.25, 0.3) is 10.8 Å². The lowest BCUT2D eigenvalue weighted by atomic mass is 9.87. The van der Waals surface area contributed by atoms with Crippen LogP contribution >= 0.6 is 0 Å². The minimum Gasteiger partial charge on any atom is -0.427 e. The van der Waals surface area contributed by atoms with Crippen LogP contribution in [0, 0.1) is 0 Å². The molecule has 0 aliphatic carbocycles. The number of hydrogen-bond donors (Lipinski definition) is 0. The number of carbonyl (C=O) groups is 1. The largest absolute Gasteiger partial charge is 0.427 e. The second kappa shape index (κ2) is 7.33. The third-order valence-corrected chi connectivity index (χ3v) is 4.77. The van der Waals surface area contributed by atoms with Crippen LogP contribution in [0.1, 0.15) is 51.2 Å². The molecule has 0 amide bonds. The highest BCUT2D eigenvalue weighted by molar-refractivity contribution is 5.83. The highest BCUT2D eigenvalue weighted by atomic mass is 16.5. The van der Waals surface area contributed by atoms with E-state index < -0.39 is 0 Å². The first kappa shape index (κ1) is 18.2. The summed E-state index contributed by atoms with van der Waals surface area (Å²) in [6.07, 6.45) is 0.360. The van der Waals surface area contributed by atoms with Gasteiger partial charge in [-0.3, -0.25) is 4.79 Å². The second-order valence-corrected chi connectivity index (χ2v) is 7.96. The van der Waals surface area contributed by atoms with Crippen LogP contribution in [0.15, 0.2) is 66.7 Å². The molecule has 0 spiro atoms. The normalized spacial score (nSPS) is 12.8. The molecule has 1 atom stereocenters. The van der Waals surface area contributed by atoms with E-state index in [4.69, 9.17) is 4.74 Å². The molecule has 1 unspecified atom stereocenters. The molecule has 3 aromatic carbocycles. The number of hydrogen-bond acceptors (Lipinski definition) is 2. The molecule has 0 fully saturated rings. The quantitative estimate of drug-likeness (QED) is 0.413. The summed E-state index contributed by atoms with van der Waals surface area (Å²) in [6, 6.07) is 22.4. The van der Waals surface area contributed by atoms with Crippen molar-refractivity contribution in [1.82, 2.24) is 0 Å². The monoisotopic (exact) mass is 346 g/mol. The molecule has 0 bridgehead atoms. The lowest BCUT2D eigenvalue weighted by Crippen LogP contribution is -2.13. The summed E-state index contributed by atoms with van der Waals surface area (Å²) in [4.78, 5) is 12.3. The number of esters is 1. The van der Waals surface area contributed by atoms with Crippen molar-refractivity contribution in [1.29, 1.82) is 0 Å². The van der Waals surface area contributed by atoms with Gasteiger partial charge >= 0.3 is 5.97 Å². The molecule has 0 N–H and O–H groups in total. The lowest BCUT2D eigenvalue weighted by Gasteiger charge is -2.19. The first-order valence-corrected chi connectivity index (χ1v) is 9.13. The zero-order chi connectivity index (χ0) is 18.7. The van der Waals surface area contributed by atoms with Crippen LogP contribution in [0.5, 0.6) is 5.75 Å². The van der Waals surface area contributed by atoms with Gasteiger partial charge in [0.15, 0.2) is 0 Å². The lowest BCUT2D eigenvalue weighted by molar-refractivity contribution is -0.134. The molecular formula is C24H26O2. The molecule has 2 heteroatoms. The van der Waals surface area contributed by atoms with Gasteiger partial charge in [0.1, 0.15) is 5.75 Å². The van der Waals surface area contributed by atoms with Crippen LogP contribution in [-0.2, 0) is 10.2 Å². The number of carbonyl (C=O) groups excluding carboxylic acids is 1. The minimum absolute atomic E-state index is 0.0904. The molecule has 0 aliphatic heterocycles. The van der Waals surface area contributed by atoms with E-state index in [1.54, 1.807) is 0 Å². The Balaban J connectivity index is 1.65. The van der Waals surface area contributed by atoms with Crippen molar-refractivity contribution in [2.75, 3.05) is 0 Å². The Bertz CT molecular complexity index is 901. The van der Waals surface area contributed by atoms with Gasteiger partial charge in [0.25, 0.3) is 0 Å². The molecule has 2 nitrogen and oxygen atoms in total. The Morgan fingerprint density at radius 3 is 2.23 bits per heavy atom. The molecule has 0 saturated heterocycles. The highest BCUT2D eigenvalue weighted by Gasteiger charge is 2.16. The van der Waals surface area contributed by atoms with Crippen molar-refractivity contribution in [3.63, 3.8) is 0 Å². The van der Waals surface area contributed by atoms with Gasteiger partial charge in [-0.05, 0) is 45.4 Å². The van der Waals surface area contributed by atoms with Crippen LogP contribution in [-0.4, -0.2) is 5.97 Å². The predicted molar refractivity (Wildman–Crippen MR) is 108 cm³/mol. The SMILES string of the molecule is CC(CC(=O)Oc1ccc(C(C)(C)C)cc1)c1ccc2ccccc2c1. The van der Waals surface area contributed by atoms with Gasteiger partial charge in [0.05, 0.1) is 6.42 Å². The van der Waals surface area contributed by atoms with Crippen molar-refractivity contribution in [2.45, 2.75) is 45.4 Å². The summed E-state index contributed by atoms with van der Waals surface area (Å²) >= 11 is 0. The Hall–Kier alpha value is -2.61. The molecule has 26 heavy (non-hydrogen) atoms. The molecule has 134 valence electrons. The predicted octanol–water partition coefficient (Wildman–Crippen LogP) is 6.24. The Labute approximate surface area is 155 Å². The van der Waals surface area contributed by atoms with E-state index in [1.807, 2.05) is 36.4 Å². The minimum atomic E-state index is -0.200. The van der Waals surface area contributed by atoms with E-state index in [0.717, 1.165) is 5.56 Å². The first-order chi connectivity index (χ1) is 12.3. The smallest absolute Gasteiger partial charge is 0.311 e. The van der Waals surface area contributed by atoms with Gasteiger partial charge < -0.3 is 4.74 Å². The molecule has 3 rings (SSSR count). The van der Waals surface area contributed by atoms with E-state index in [-0.39, 0.29) is 17.3 Å². The fourth-order valence-corrected chi connectivity index (χ4v) is 3.08. The molecule has 0 saturated carbocycles. The van der Waals surface area contributed by atoms with E-state index in [1.165, 1.54) is 16.3 Å². The first-order valence-electron chi connectivity index (χ1n) is 9.13. The maximum atomic E-state index is 12.3. The molecule has 0 aliphatic rings. The molecular weight excluding hydrogens is 320 g/mol. The van der Waals surface area contributed by atoms with Crippen LogP contribution in [0.2, 0.25) is 0 Å². The standard InChI is InChI=1S/C24H26O2/c1-17(19-10-9-18-7-5-6-8-20(18)16-19)15-23(25)26-22-13-11-21(12-14-22)24(2,3)4/h5-14,16-17H,15H2,1-4H3. The zero-order valence-electron chi connectivity index (χ0n) is 16.0. The van der Waals surface area contributed by atoms with Crippen molar-refractivity contribution in [3.05, 3.63) is 77.9 Å². The van der Waals surface area contributed by atoms with Gasteiger partial charge in [0, 0.05) is 0 Å². The number of fused-ring (bicyclic) bond motifs is 1. The third-order valence-electron chi connectivity index (χ3n) is 4.77. The number of rotatable bonds is 4. The molecule has 0 aromatic heterocycles. The Morgan fingerprint density at radius 1 is 0.923 bits per heavy atom. The van der Waals surface area contributed by atoms with Crippen molar-refractivity contribution < 1.29 is 9.53 Å². The van der Waals surface area contributed by atoms with Gasteiger partial charge in [0.2, 0.25) is 0 Å². The van der Waals surface area contributed by atoms with Gasteiger partial charge in [-0.25, -0.2) is 0 Å². The summed E-state index contributed by atoms with van der Waals surface area (Å²) < 4.78 is 5.52. The fraction of sp³-hybridized carbons (Fsp3) is 0.292. The van der Waals surface area contributed by atoms with Crippen molar-refractivity contribution in [3.8, 4) is 5.75 Å². The molecule has 0 radical (unpaired) electrons. The number of benzene rings is 3. The molecule has 0 heterocycles. The fourth-order valence-electron chi connectivity index (χ4n) is 3.08. The highest BCUT2D eigenvalue weighted by Crippen LogP contribution is 2.26. The average molecular weight is 346 g/mol. The van der Waals surface area contributed by atoms with Gasteiger partial charge in [-0.1, -0.05) is 82.3 Å². The summed E-state index contributed by atoms with van der Waals surface area (Å²) in [6.45, 7) is 8.56. The van der Waals surface area contributed by atoms with E-state index in [0.29, 0.717) is 12.2 Å². The topological polar surface area (TPSA) is 26.3 Å². The summed E-state index contributed by atoms with van der Waals surface area (Å²) in [5.74, 6) is 0.517. The summed E-state index contributed by atoms with van der Waals surface area (Å²) in [7, 11) is 0. The summed E-state index contributed by atoms with van der Waals surface area (Å²) in [5, 5.41) is 2.41. The summed E-state index contributed by atoms with van der Waals surface area (Å²) in [5.41, 5.74) is 2.47. The zero-order valence-corrected chi connectivity index (χ0v) is 16.0. The van der Waals surface area contributed by atoms with Gasteiger partial charge in [-0.2, -0.15) is 0 Å². The average Bonchev–Trinajstić information content (AvgIpc) is 2.61. The van der Waals surface area contributed by atoms with Crippen LogP contribution in [0.3, 0.4) is 0 Å². The van der Waals surface area contributed by atoms with Crippen molar-refractivity contribution >= 4 is 16.7 Å². The third kappa shape index (κ3) is 4.32. The van der Waals surface area contributed by atoms with E-state index in [2.05, 4.69) is 58.0 Å². The maximum absolute atomic E-state index is 12.3. The Kier molecular flexibility index (Phi) is 5.13. The van der Waals surface area contributed by atoms with Crippen molar-refractivity contribution in [2.24, 2.45) is 0 Å². The van der Waals surface area contributed by atoms with E-state index in [9.17, 15) is 4.79 Å². The maximum Gasteiger partial charge on any atom is 0.311 e.